The van der Waals surface area contributed by atoms with Gasteiger partial charge in [0.2, 0.25) is 0 Å². The van der Waals surface area contributed by atoms with Gasteiger partial charge in [0, 0.05) is 32.5 Å². The van der Waals surface area contributed by atoms with Gasteiger partial charge >= 0.3 is 0 Å². The quantitative estimate of drug-likeness (QED) is 0.651. The maximum absolute atomic E-state index is 8.87. The average molecular weight is 463 g/mol. The molecule has 107 valence electrons. The summed E-state index contributed by atoms with van der Waals surface area (Å²) in [4.78, 5) is 2.40. The molecule has 1 aliphatic rings. The van der Waals surface area contributed by atoms with E-state index in [1.165, 1.54) is 37.0 Å². The molecule has 1 fully saturated rings. The topological polar surface area (TPSA) is 41.6 Å². The van der Waals surface area contributed by atoms with Crippen LogP contribution in [0.1, 0.15) is 47.8 Å². The van der Waals surface area contributed by atoms with Gasteiger partial charge in [-0.05, 0) is 6.07 Å². The Morgan fingerprint density at radius 1 is 1.40 bits per heavy atom. The Hall–Kier alpha value is -0.951. The zero-order valence-corrected chi connectivity index (χ0v) is 14.3. The van der Waals surface area contributed by atoms with Crippen molar-refractivity contribution >= 4 is 11.3 Å². The molecular weight excluding hydrogens is 446 g/mol. The van der Waals surface area contributed by atoms with Crippen LogP contribution in [-0.4, -0.2) is 9.78 Å². The second-order valence-electron chi connectivity index (χ2n) is 4.98. The van der Waals surface area contributed by atoms with Crippen LogP contribution in [0.2, 0.25) is 0 Å². The molecule has 0 bridgehead atoms. The number of nitriles is 1. The smallest absolute Gasteiger partial charge is 0.0660 e. The molecule has 0 unspecified atom stereocenters. The summed E-state index contributed by atoms with van der Waals surface area (Å²) in [6.07, 6.45) is 10.7. The maximum Gasteiger partial charge on any atom is 0.0660 e. The molecule has 0 N–H and O–H groups in total. The SMILES string of the molecule is N#CCc1[c-]c(-n2cccn2)c(C2CCCCC2)s1.[Ir]. The molecule has 5 heteroatoms. The first-order valence-corrected chi connectivity index (χ1v) is 7.62. The molecule has 2 heterocycles. The third-order valence-corrected chi connectivity index (χ3v) is 4.91. The van der Waals surface area contributed by atoms with E-state index in [0.29, 0.717) is 12.3 Å². The number of aromatic nitrogens is 2. The first-order valence-electron chi connectivity index (χ1n) is 6.80. The van der Waals surface area contributed by atoms with E-state index in [0.717, 1.165) is 10.6 Å². The molecule has 0 atom stereocenters. The largest absolute Gasteiger partial charge is 0.276 e. The van der Waals surface area contributed by atoms with Crippen LogP contribution >= 0.6 is 11.3 Å². The van der Waals surface area contributed by atoms with E-state index in [4.69, 9.17) is 5.26 Å². The zero-order chi connectivity index (χ0) is 13.1. The predicted octanol–water partition coefficient (Wildman–Crippen LogP) is 3.85. The van der Waals surface area contributed by atoms with E-state index < -0.39 is 0 Å². The minimum atomic E-state index is 0. The van der Waals surface area contributed by atoms with Crippen molar-refractivity contribution in [3.05, 3.63) is 34.3 Å². The Bertz CT molecular complexity index is 577. The predicted molar refractivity (Wildman–Crippen MR) is 75.4 cm³/mol. The van der Waals surface area contributed by atoms with Crippen LogP contribution in [0.5, 0.6) is 0 Å². The molecule has 3 nitrogen and oxygen atoms in total. The molecule has 0 amide bonds. The molecule has 1 radical (unpaired) electrons. The van der Waals surface area contributed by atoms with Crippen molar-refractivity contribution in [1.82, 2.24) is 9.78 Å². The molecule has 0 aromatic carbocycles. The number of thiophene rings is 1. The molecule has 1 aliphatic carbocycles. The molecule has 20 heavy (non-hydrogen) atoms. The van der Waals surface area contributed by atoms with Gasteiger partial charge in [-0.25, -0.2) is 6.07 Å². The van der Waals surface area contributed by atoms with Crippen molar-refractivity contribution in [2.24, 2.45) is 0 Å². The monoisotopic (exact) mass is 463 g/mol. The van der Waals surface area contributed by atoms with E-state index in [9.17, 15) is 0 Å². The van der Waals surface area contributed by atoms with E-state index in [-0.39, 0.29) is 20.1 Å². The fourth-order valence-electron chi connectivity index (χ4n) is 2.77. The van der Waals surface area contributed by atoms with E-state index in [1.54, 1.807) is 17.5 Å². The molecule has 0 saturated heterocycles. The van der Waals surface area contributed by atoms with Crippen LogP contribution < -0.4 is 0 Å². The molecule has 3 rings (SSSR count). The summed E-state index contributed by atoms with van der Waals surface area (Å²) in [5.41, 5.74) is 1.06. The van der Waals surface area contributed by atoms with Crippen molar-refractivity contribution in [2.45, 2.75) is 44.4 Å². The number of hydrogen-bond donors (Lipinski definition) is 0. The Labute approximate surface area is 137 Å². The molecule has 2 aromatic rings. The third-order valence-electron chi connectivity index (χ3n) is 3.67. The average Bonchev–Trinajstić information content (AvgIpc) is 3.08. The summed E-state index contributed by atoms with van der Waals surface area (Å²) in [6, 6.07) is 7.53. The van der Waals surface area contributed by atoms with Crippen LogP contribution in [-0.2, 0) is 26.5 Å². The van der Waals surface area contributed by atoms with Gasteiger partial charge in [0.25, 0.3) is 0 Å². The standard InChI is InChI=1S/C15H16N3S.Ir/c16-8-7-13-11-14(18-10-4-9-17-18)15(19-13)12-5-2-1-3-6-12;/h4,9-10,12H,1-3,5-7H2;/q-1;. The Balaban J connectivity index is 0.00000147. The summed E-state index contributed by atoms with van der Waals surface area (Å²) in [5.74, 6) is 0.627. The molecule has 1 saturated carbocycles. The molecule has 2 aromatic heterocycles. The van der Waals surface area contributed by atoms with Crippen molar-refractivity contribution in [3.63, 3.8) is 0 Å². The summed E-state index contributed by atoms with van der Waals surface area (Å²) >= 11 is 1.75. The van der Waals surface area contributed by atoms with Gasteiger partial charge in [-0.1, -0.05) is 48.6 Å². The van der Waals surface area contributed by atoms with Gasteiger partial charge in [-0.3, -0.25) is 16.0 Å². The second kappa shape index (κ2) is 7.17. The Kier molecular flexibility index (Phi) is 5.54. The van der Waals surface area contributed by atoms with Crippen molar-refractivity contribution in [2.75, 3.05) is 0 Å². The van der Waals surface area contributed by atoms with Crippen molar-refractivity contribution in [1.29, 1.82) is 5.26 Å². The second-order valence-corrected chi connectivity index (χ2v) is 6.12. The summed E-state index contributed by atoms with van der Waals surface area (Å²) in [5, 5.41) is 13.2. The van der Waals surface area contributed by atoms with Crippen LogP contribution in [0.3, 0.4) is 0 Å². The van der Waals surface area contributed by atoms with Crippen LogP contribution in [0.4, 0.5) is 0 Å². The van der Waals surface area contributed by atoms with Gasteiger partial charge < -0.3 is 0 Å². The van der Waals surface area contributed by atoms with Gasteiger partial charge in [0.1, 0.15) is 0 Å². The third kappa shape index (κ3) is 3.20. The summed E-state index contributed by atoms with van der Waals surface area (Å²) in [7, 11) is 0. The molecular formula is C15H16IrN3S-. The Morgan fingerprint density at radius 2 is 2.20 bits per heavy atom. The number of rotatable bonds is 3. The fraction of sp³-hybridized carbons (Fsp3) is 0.467. The van der Waals surface area contributed by atoms with Crippen LogP contribution in [0.25, 0.3) is 5.69 Å². The first kappa shape index (κ1) is 15.4. The number of nitrogens with zero attached hydrogens (tertiary/aromatic N) is 3. The van der Waals surface area contributed by atoms with Gasteiger partial charge in [-0.15, -0.1) is 4.88 Å². The van der Waals surface area contributed by atoms with E-state index in [1.807, 2.05) is 16.9 Å². The molecule has 0 aliphatic heterocycles. The van der Waals surface area contributed by atoms with Gasteiger partial charge in [0.05, 0.1) is 12.5 Å². The Morgan fingerprint density at radius 3 is 2.85 bits per heavy atom. The number of hydrogen-bond acceptors (Lipinski definition) is 3. The van der Waals surface area contributed by atoms with Crippen LogP contribution in [0, 0.1) is 17.4 Å². The fourth-order valence-corrected chi connectivity index (χ4v) is 3.96. The minimum Gasteiger partial charge on any atom is -0.276 e. The zero-order valence-electron chi connectivity index (χ0n) is 11.1. The van der Waals surface area contributed by atoms with Crippen molar-refractivity contribution < 1.29 is 20.1 Å². The minimum absolute atomic E-state index is 0. The summed E-state index contributed by atoms with van der Waals surface area (Å²) in [6.45, 7) is 0. The summed E-state index contributed by atoms with van der Waals surface area (Å²) < 4.78 is 1.89. The van der Waals surface area contributed by atoms with Gasteiger partial charge in [-0.2, -0.15) is 10.4 Å². The molecule has 0 spiro atoms. The van der Waals surface area contributed by atoms with Crippen molar-refractivity contribution in [3.8, 4) is 11.8 Å². The van der Waals surface area contributed by atoms with E-state index >= 15 is 0 Å². The van der Waals surface area contributed by atoms with Crippen LogP contribution in [0.15, 0.2) is 18.5 Å². The first-order chi connectivity index (χ1) is 9.38. The normalized spacial score (nSPS) is 15.6. The maximum atomic E-state index is 8.87. The van der Waals surface area contributed by atoms with Gasteiger partial charge in [0.15, 0.2) is 0 Å². The van der Waals surface area contributed by atoms with E-state index in [2.05, 4.69) is 17.2 Å².